The van der Waals surface area contributed by atoms with Crippen molar-refractivity contribution < 1.29 is 9.53 Å². The highest BCUT2D eigenvalue weighted by molar-refractivity contribution is 6.14. The summed E-state index contributed by atoms with van der Waals surface area (Å²) in [6, 6.07) is 14.3. The number of rotatable bonds is 3. The standard InChI is InChI=1S/C19H17N5O3/c1-23-14-6-4-3-5-13(14)15-17(23)16(18(25)21-20)22-24(19(15)26)11-7-9-12(27-2)10-8-11/h3-10H,20H2,1-2H3,(H,21,25). The summed E-state index contributed by atoms with van der Waals surface area (Å²) in [5.41, 5.74) is 3.64. The van der Waals surface area contributed by atoms with Crippen LogP contribution in [0.2, 0.25) is 0 Å². The molecule has 0 spiro atoms. The number of para-hydroxylation sites is 1. The summed E-state index contributed by atoms with van der Waals surface area (Å²) in [6.07, 6.45) is 0. The molecule has 2 aromatic heterocycles. The second-order valence-electron chi connectivity index (χ2n) is 6.04. The lowest BCUT2D eigenvalue weighted by Gasteiger charge is -2.10. The van der Waals surface area contributed by atoms with Gasteiger partial charge in [-0.1, -0.05) is 18.2 Å². The molecule has 27 heavy (non-hydrogen) atoms. The average Bonchev–Trinajstić information content (AvgIpc) is 3.01. The summed E-state index contributed by atoms with van der Waals surface area (Å²) in [6.45, 7) is 0. The Morgan fingerprint density at radius 1 is 1.15 bits per heavy atom. The van der Waals surface area contributed by atoms with E-state index in [1.165, 1.54) is 4.68 Å². The number of hydrazine groups is 1. The van der Waals surface area contributed by atoms with Crippen molar-refractivity contribution in [1.29, 1.82) is 0 Å². The molecular formula is C19H17N5O3. The van der Waals surface area contributed by atoms with Crippen LogP contribution < -0.4 is 21.6 Å². The van der Waals surface area contributed by atoms with Crippen LogP contribution in [0.5, 0.6) is 5.75 Å². The molecule has 4 aromatic rings. The van der Waals surface area contributed by atoms with E-state index in [0.29, 0.717) is 22.3 Å². The number of benzene rings is 2. The summed E-state index contributed by atoms with van der Waals surface area (Å²) in [5.74, 6) is 5.43. The van der Waals surface area contributed by atoms with E-state index < -0.39 is 5.91 Å². The summed E-state index contributed by atoms with van der Waals surface area (Å²) < 4.78 is 8.14. The van der Waals surface area contributed by atoms with Crippen LogP contribution in [0.3, 0.4) is 0 Å². The van der Waals surface area contributed by atoms with E-state index in [-0.39, 0.29) is 11.3 Å². The minimum absolute atomic E-state index is 0.0709. The van der Waals surface area contributed by atoms with Crippen molar-refractivity contribution in [2.75, 3.05) is 7.11 Å². The molecule has 3 N–H and O–H groups in total. The van der Waals surface area contributed by atoms with Gasteiger partial charge in [0.2, 0.25) is 0 Å². The SMILES string of the molecule is COc1ccc(-n2nc(C(=O)NN)c3c(c2=O)c2ccccc2n3C)cc1. The zero-order valence-corrected chi connectivity index (χ0v) is 14.8. The van der Waals surface area contributed by atoms with Gasteiger partial charge >= 0.3 is 0 Å². The van der Waals surface area contributed by atoms with Gasteiger partial charge in [0.15, 0.2) is 5.69 Å². The molecule has 0 saturated heterocycles. The Kier molecular flexibility index (Phi) is 3.89. The van der Waals surface area contributed by atoms with Crippen molar-refractivity contribution >= 4 is 27.7 Å². The zero-order chi connectivity index (χ0) is 19.1. The fourth-order valence-electron chi connectivity index (χ4n) is 3.31. The fraction of sp³-hybridized carbons (Fsp3) is 0.105. The molecule has 0 saturated carbocycles. The number of nitrogens with zero attached hydrogens (tertiary/aromatic N) is 3. The molecule has 136 valence electrons. The van der Waals surface area contributed by atoms with Gasteiger partial charge in [-0.2, -0.15) is 9.78 Å². The maximum Gasteiger partial charge on any atom is 0.287 e. The van der Waals surface area contributed by atoms with Gasteiger partial charge in [-0.25, -0.2) is 5.84 Å². The van der Waals surface area contributed by atoms with Crippen LogP contribution >= 0.6 is 0 Å². The molecule has 2 heterocycles. The highest BCUT2D eigenvalue weighted by Crippen LogP contribution is 2.27. The number of nitrogens with two attached hydrogens (primary N) is 1. The van der Waals surface area contributed by atoms with Crippen LogP contribution in [0.1, 0.15) is 10.5 Å². The predicted molar refractivity (Wildman–Crippen MR) is 102 cm³/mol. The summed E-state index contributed by atoms with van der Waals surface area (Å²) in [5, 5.41) is 5.46. The van der Waals surface area contributed by atoms with Crippen LogP contribution in [0.15, 0.2) is 53.3 Å². The lowest BCUT2D eigenvalue weighted by atomic mass is 10.2. The number of amides is 1. The topological polar surface area (TPSA) is 104 Å². The average molecular weight is 363 g/mol. The second-order valence-corrected chi connectivity index (χ2v) is 6.04. The third kappa shape index (κ3) is 2.46. The number of carbonyl (C=O) groups excluding carboxylic acids is 1. The lowest BCUT2D eigenvalue weighted by molar-refractivity contribution is 0.0948. The summed E-state index contributed by atoms with van der Waals surface area (Å²) in [4.78, 5) is 25.7. The Bertz CT molecular complexity index is 1240. The van der Waals surface area contributed by atoms with Gasteiger partial charge in [0, 0.05) is 18.0 Å². The van der Waals surface area contributed by atoms with E-state index in [1.807, 2.05) is 24.3 Å². The predicted octanol–water partition coefficient (Wildman–Crippen LogP) is 1.49. The first kappa shape index (κ1) is 16.8. The Balaban J connectivity index is 2.15. The minimum Gasteiger partial charge on any atom is -0.497 e. The fourth-order valence-corrected chi connectivity index (χ4v) is 3.31. The number of fused-ring (bicyclic) bond motifs is 3. The molecule has 1 amide bonds. The first-order valence-electron chi connectivity index (χ1n) is 8.22. The van der Waals surface area contributed by atoms with Crippen LogP contribution in [0.4, 0.5) is 0 Å². The van der Waals surface area contributed by atoms with Crippen molar-refractivity contribution in [3.05, 3.63) is 64.6 Å². The molecule has 0 radical (unpaired) electrons. The quantitative estimate of drug-likeness (QED) is 0.326. The number of carbonyl (C=O) groups is 1. The largest absolute Gasteiger partial charge is 0.497 e. The number of hydrogen-bond donors (Lipinski definition) is 2. The highest BCUT2D eigenvalue weighted by Gasteiger charge is 2.22. The maximum absolute atomic E-state index is 13.3. The molecule has 0 bridgehead atoms. The maximum atomic E-state index is 13.3. The highest BCUT2D eigenvalue weighted by atomic mass is 16.5. The number of ether oxygens (including phenoxy) is 1. The van der Waals surface area contributed by atoms with E-state index in [9.17, 15) is 9.59 Å². The van der Waals surface area contributed by atoms with Crippen LogP contribution in [0.25, 0.3) is 27.5 Å². The van der Waals surface area contributed by atoms with Crippen molar-refractivity contribution in [1.82, 2.24) is 19.8 Å². The van der Waals surface area contributed by atoms with Crippen molar-refractivity contribution in [2.45, 2.75) is 0 Å². The van der Waals surface area contributed by atoms with Crippen LogP contribution in [-0.2, 0) is 7.05 Å². The number of hydrogen-bond acceptors (Lipinski definition) is 5. The Hall–Kier alpha value is -3.65. The molecule has 8 heteroatoms. The first-order valence-corrected chi connectivity index (χ1v) is 8.22. The van der Waals surface area contributed by atoms with E-state index in [1.54, 1.807) is 43.0 Å². The molecule has 2 aromatic carbocycles. The van der Waals surface area contributed by atoms with Gasteiger partial charge < -0.3 is 9.30 Å². The minimum atomic E-state index is -0.576. The smallest absolute Gasteiger partial charge is 0.287 e. The third-order valence-electron chi connectivity index (χ3n) is 4.60. The number of aromatic nitrogens is 3. The van der Waals surface area contributed by atoms with Crippen LogP contribution in [0, 0.1) is 0 Å². The Labute approximate surface area is 153 Å². The normalized spacial score (nSPS) is 11.1. The summed E-state index contributed by atoms with van der Waals surface area (Å²) in [7, 11) is 3.35. The van der Waals surface area contributed by atoms with E-state index in [4.69, 9.17) is 10.6 Å². The third-order valence-corrected chi connectivity index (χ3v) is 4.60. The Morgan fingerprint density at radius 2 is 1.85 bits per heavy atom. The van der Waals surface area contributed by atoms with Crippen molar-refractivity contribution in [2.24, 2.45) is 12.9 Å². The van der Waals surface area contributed by atoms with E-state index >= 15 is 0 Å². The molecule has 0 atom stereocenters. The lowest BCUT2D eigenvalue weighted by Crippen LogP contribution is -2.34. The van der Waals surface area contributed by atoms with Gasteiger partial charge in [0.25, 0.3) is 11.5 Å². The monoisotopic (exact) mass is 363 g/mol. The summed E-state index contributed by atoms with van der Waals surface area (Å²) >= 11 is 0. The number of nitrogen functional groups attached to an aromatic ring is 1. The molecule has 0 fully saturated rings. The van der Waals surface area contributed by atoms with Crippen molar-refractivity contribution in [3.8, 4) is 11.4 Å². The Morgan fingerprint density at radius 3 is 2.52 bits per heavy atom. The molecular weight excluding hydrogens is 346 g/mol. The number of nitrogens with one attached hydrogen (secondary N) is 1. The first-order chi connectivity index (χ1) is 13.1. The molecule has 0 aliphatic heterocycles. The van der Waals surface area contributed by atoms with E-state index in [2.05, 4.69) is 10.5 Å². The molecule has 0 aliphatic rings. The zero-order valence-electron chi connectivity index (χ0n) is 14.8. The molecule has 8 nitrogen and oxygen atoms in total. The van der Waals surface area contributed by atoms with Crippen molar-refractivity contribution in [3.63, 3.8) is 0 Å². The van der Waals surface area contributed by atoms with E-state index in [0.717, 1.165) is 10.9 Å². The van der Waals surface area contributed by atoms with Gasteiger partial charge in [0.05, 0.1) is 23.7 Å². The second kappa shape index (κ2) is 6.26. The van der Waals surface area contributed by atoms with Gasteiger partial charge in [-0.15, -0.1) is 0 Å². The van der Waals surface area contributed by atoms with Gasteiger partial charge in [-0.05, 0) is 30.3 Å². The molecule has 4 rings (SSSR count). The van der Waals surface area contributed by atoms with Crippen LogP contribution in [-0.4, -0.2) is 27.4 Å². The van der Waals surface area contributed by atoms with Gasteiger partial charge in [-0.3, -0.25) is 15.0 Å². The number of methoxy groups -OCH3 is 1. The number of aryl methyl sites for hydroxylation is 1. The molecule has 0 aliphatic carbocycles. The molecule has 0 unspecified atom stereocenters. The van der Waals surface area contributed by atoms with Gasteiger partial charge in [0.1, 0.15) is 5.75 Å².